The van der Waals surface area contributed by atoms with Gasteiger partial charge in [-0.1, -0.05) is 206 Å². The van der Waals surface area contributed by atoms with Gasteiger partial charge in [0.2, 0.25) is 0 Å². The molecule has 3 heteroatoms. The first-order valence-corrected chi connectivity index (χ1v) is 19.8. The van der Waals surface area contributed by atoms with Gasteiger partial charge in [0.15, 0.2) is 0 Å². The van der Waals surface area contributed by atoms with E-state index in [0.29, 0.717) is 13.2 Å². The first-order chi connectivity index (χ1) is 20.8. The van der Waals surface area contributed by atoms with Crippen molar-refractivity contribution in [2.45, 2.75) is 225 Å². The first-order valence-electron chi connectivity index (χ1n) is 19.8. The third-order valence-electron chi connectivity index (χ3n) is 9.04. The summed E-state index contributed by atoms with van der Waals surface area (Å²) in [5, 5.41) is 13.5. The summed E-state index contributed by atoms with van der Waals surface area (Å²) < 4.78 is 5.71. The lowest BCUT2D eigenvalue weighted by atomic mass is 10.0. The van der Waals surface area contributed by atoms with Crippen molar-refractivity contribution in [1.29, 1.82) is 0 Å². The fourth-order valence-electron chi connectivity index (χ4n) is 6.10. The molecule has 0 saturated heterocycles. The zero-order valence-electron chi connectivity index (χ0n) is 29.4. The Kier molecular flexibility index (Phi) is 38.8. The van der Waals surface area contributed by atoms with Gasteiger partial charge in [0.25, 0.3) is 0 Å². The van der Waals surface area contributed by atoms with Crippen LogP contribution in [0.4, 0.5) is 0 Å². The molecule has 0 rings (SSSR count). The summed E-state index contributed by atoms with van der Waals surface area (Å²) in [6.07, 6.45) is 44.5. The van der Waals surface area contributed by atoms with E-state index in [2.05, 4.69) is 19.2 Å². The molecule has 0 saturated carbocycles. The van der Waals surface area contributed by atoms with Crippen LogP contribution in [-0.4, -0.2) is 37.5 Å². The summed E-state index contributed by atoms with van der Waals surface area (Å²) >= 11 is 0. The molecule has 0 fully saturated rings. The van der Waals surface area contributed by atoms with Crippen molar-refractivity contribution in [3.05, 3.63) is 0 Å². The zero-order chi connectivity index (χ0) is 30.4. The van der Waals surface area contributed by atoms with Gasteiger partial charge >= 0.3 is 0 Å². The van der Waals surface area contributed by atoms with E-state index >= 15 is 0 Å². The number of aliphatic hydroxyl groups excluding tert-OH is 1. The lowest BCUT2D eigenvalue weighted by molar-refractivity contribution is 0.0355. The second-order valence-electron chi connectivity index (χ2n) is 13.5. The smallest absolute Gasteiger partial charge is 0.0897 e. The van der Waals surface area contributed by atoms with Crippen LogP contribution in [0.3, 0.4) is 0 Å². The van der Waals surface area contributed by atoms with Gasteiger partial charge in [-0.2, -0.15) is 0 Å². The molecule has 254 valence electrons. The minimum absolute atomic E-state index is 0.368. The van der Waals surface area contributed by atoms with Crippen molar-refractivity contribution < 1.29 is 9.84 Å². The second-order valence-corrected chi connectivity index (χ2v) is 13.5. The molecule has 0 radical (unpaired) electrons. The Hall–Kier alpha value is -0.120. The third kappa shape index (κ3) is 37.9. The number of nitrogens with one attached hydrogen (secondary N) is 1. The van der Waals surface area contributed by atoms with Crippen molar-refractivity contribution >= 4 is 0 Å². The first kappa shape index (κ1) is 41.9. The molecule has 1 unspecified atom stereocenters. The molecule has 0 heterocycles. The van der Waals surface area contributed by atoms with Crippen LogP contribution < -0.4 is 5.32 Å². The summed E-state index contributed by atoms with van der Waals surface area (Å²) in [6, 6.07) is 0. The quantitative estimate of drug-likeness (QED) is 0.0697. The van der Waals surface area contributed by atoms with E-state index in [0.717, 1.165) is 19.6 Å². The highest BCUT2D eigenvalue weighted by Gasteiger charge is 2.03. The van der Waals surface area contributed by atoms with Crippen LogP contribution in [0.5, 0.6) is 0 Å². The van der Waals surface area contributed by atoms with Gasteiger partial charge in [0.1, 0.15) is 0 Å². The average molecular weight is 596 g/mol. The molecule has 42 heavy (non-hydrogen) atoms. The van der Waals surface area contributed by atoms with Gasteiger partial charge in [0, 0.05) is 13.2 Å². The molecule has 1 atom stereocenters. The van der Waals surface area contributed by atoms with E-state index < -0.39 is 0 Å². The summed E-state index contributed by atoms with van der Waals surface area (Å²) in [5.74, 6) is 0. The van der Waals surface area contributed by atoms with E-state index in [1.54, 1.807) is 0 Å². The Balaban J connectivity index is 3.13. The Bertz CT molecular complexity index is 418. The van der Waals surface area contributed by atoms with Crippen molar-refractivity contribution in [3.63, 3.8) is 0 Å². The molecule has 0 aromatic rings. The lowest BCUT2D eigenvalue weighted by Gasteiger charge is -2.12. The number of aliphatic hydroxyl groups is 1. The van der Waals surface area contributed by atoms with Gasteiger partial charge in [-0.05, 0) is 19.4 Å². The fourth-order valence-corrected chi connectivity index (χ4v) is 6.10. The van der Waals surface area contributed by atoms with Crippen molar-refractivity contribution in [1.82, 2.24) is 5.32 Å². The Labute approximate surface area is 266 Å². The molecular formula is C39H81NO2. The standard InChI is InChI=1S/C39H81NO2/c1-3-5-7-9-11-13-15-17-19-21-23-25-27-29-31-33-35-40-37-39(41)38-42-36-34-32-30-28-26-24-22-20-18-16-14-12-10-8-6-4-2/h39-41H,3-38H2,1-2H3. The van der Waals surface area contributed by atoms with Crippen LogP contribution in [0.2, 0.25) is 0 Å². The number of hydrogen-bond donors (Lipinski definition) is 2. The summed E-state index contributed by atoms with van der Waals surface area (Å²) in [5.41, 5.74) is 0. The highest BCUT2D eigenvalue weighted by atomic mass is 16.5. The van der Waals surface area contributed by atoms with Gasteiger partial charge in [-0.15, -0.1) is 0 Å². The highest BCUT2D eigenvalue weighted by Crippen LogP contribution is 2.15. The maximum absolute atomic E-state index is 10.1. The highest BCUT2D eigenvalue weighted by molar-refractivity contribution is 4.59. The summed E-state index contributed by atoms with van der Waals surface area (Å²) in [6.45, 7) is 7.55. The Morgan fingerprint density at radius 3 is 1.02 bits per heavy atom. The van der Waals surface area contributed by atoms with Crippen molar-refractivity contribution in [2.75, 3.05) is 26.3 Å². The largest absolute Gasteiger partial charge is 0.389 e. The molecule has 0 amide bonds. The van der Waals surface area contributed by atoms with Gasteiger partial charge in [-0.25, -0.2) is 0 Å². The monoisotopic (exact) mass is 596 g/mol. The van der Waals surface area contributed by atoms with Gasteiger partial charge in [0.05, 0.1) is 12.7 Å². The molecule has 0 aliphatic carbocycles. The predicted octanol–water partition coefficient (Wildman–Crippen LogP) is 12.5. The number of hydrogen-bond acceptors (Lipinski definition) is 3. The molecule has 0 aromatic heterocycles. The fraction of sp³-hybridized carbons (Fsp3) is 1.00. The maximum Gasteiger partial charge on any atom is 0.0897 e. The van der Waals surface area contributed by atoms with E-state index in [9.17, 15) is 5.11 Å². The van der Waals surface area contributed by atoms with E-state index in [4.69, 9.17) is 4.74 Å². The number of ether oxygens (including phenoxy) is 1. The molecule has 0 aromatic carbocycles. The normalized spacial score (nSPS) is 12.4. The molecular weight excluding hydrogens is 514 g/mol. The molecule has 0 aliphatic rings. The SMILES string of the molecule is CCCCCCCCCCCCCCCCCCNCC(O)COCCCCCCCCCCCCCCCCCC. The molecule has 2 N–H and O–H groups in total. The maximum atomic E-state index is 10.1. The van der Waals surface area contributed by atoms with Crippen LogP contribution in [0.15, 0.2) is 0 Å². The van der Waals surface area contributed by atoms with Crippen molar-refractivity contribution in [3.8, 4) is 0 Å². The van der Waals surface area contributed by atoms with Gasteiger partial charge < -0.3 is 15.2 Å². The molecule has 3 nitrogen and oxygen atoms in total. The average Bonchev–Trinajstić information content (AvgIpc) is 3.00. The van der Waals surface area contributed by atoms with Crippen LogP contribution in [-0.2, 0) is 4.74 Å². The topological polar surface area (TPSA) is 41.5 Å². The minimum atomic E-state index is -0.368. The number of rotatable bonds is 38. The summed E-state index contributed by atoms with van der Waals surface area (Å²) in [7, 11) is 0. The predicted molar refractivity (Wildman–Crippen MR) is 189 cm³/mol. The van der Waals surface area contributed by atoms with Gasteiger partial charge in [-0.3, -0.25) is 0 Å². The molecule has 0 bridgehead atoms. The van der Waals surface area contributed by atoms with Crippen LogP contribution in [0.25, 0.3) is 0 Å². The van der Waals surface area contributed by atoms with Crippen molar-refractivity contribution in [2.24, 2.45) is 0 Å². The van der Waals surface area contributed by atoms with E-state index in [-0.39, 0.29) is 6.10 Å². The lowest BCUT2D eigenvalue weighted by Crippen LogP contribution is -2.31. The summed E-state index contributed by atoms with van der Waals surface area (Å²) in [4.78, 5) is 0. The van der Waals surface area contributed by atoms with Crippen LogP contribution in [0, 0.1) is 0 Å². The van der Waals surface area contributed by atoms with Crippen LogP contribution >= 0.6 is 0 Å². The van der Waals surface area contributed by atoms with E-state index in [1.807, 2.05) is 0 Å². The Morgan fingerprint density at radius 2 is 0.690 bits per heavy atom. The zero-order valence-corrected chi connectivity index (χ0v) is 29.4. The third-order valence-corrected chi connectivity index (χ3v) is 9.04. The minimum Gasteiger partial charge on any atom is -0.389 e. The van der Waals surface area contributed by atoms with E-state index in [1.165, 1.54) is 199 Å². The second kappa shape index (κ2) is 38.9. The van der Waals surface area contributed by atoms with Crippen LogP contribution in [0.1, 0.15) is 219 Å². The Morgan fingerprint density at radius 1 is 0.405 bits per heavy atom. The molecule has 0 spiro atoms. The molecule has 0 aliphatic heterocycles. The number of unbranched alkanes of at least 4 members (excludes halogenated alkanes) is 30.